The molecule has 0 radical (unpaired) electrons. The number of rotatable bonds is 7. The molecule has 0 unspecified atom stereocenters. The van der Waals surface area contributed by atoms with E-state index in [1.165, 1.54) is 7.11 Å². The first-order chi connectivity index (χ1) is 13.2. The first kappa shape index (κ1) is 18.3. The van der Waals surface area contributed by atoms with Crippen molar-refractivity contribution in [1.82, 2.24) is 4.98 Å². The zero-order valence-corrected chi connectivity index (χ0v) is 15.1. The molecule has 6 heteroatoms. The Bertz CT molecular complexity index is 913. The van der Waals surface area contributed by atoms with Crippen molar-refractivity contribution in [3.05, 3.63) is 78.0 Å². The summed E-state index contributed by atoms with van der Waals surface area (Å²) >= 11 is 0. The van der Waals surface area contributed by atoms with Gasteiger partial charge in [0.15, 0.2) is 23.1 Å². The SMILES string of the molecule is COc1ccc(C(=O)Nc2ncccc2OCc2ccccc2)cc1OC. The molecular formula is C21H20N2O4. The number of methoxy groups -OCH3 is 2. The molecular weight excluding hydrogens is 344 g/mol. The molecule has 1 amide bonds. The lowest BCUT2D eigenvalue weighted by molar-refractivity contribution is 0.102. The van der Waals surface area contributed by atoms with Gasteiger partial charge in [0.05, 0.1) is 14.2 Å². The molecule has 1 N–H and O–H groups in total. The quantitative estimate of drug-likeness (QED) is 0.688. The van der Waals surface area contributed by atoms with Crippen molar-refractivity contribution < 1.29 is 19.0 Å². The minimum absolute atomic E-state index is 0.320. The summed E-state index contributed by atoms with van der Waals surface area (Å²) < 4.78 is 16.3. The number of ether oxygens (including phenoxy) is 3. The Labute approximate surface area is 157 Å². The van der Waals surface area contributed by atoms with Gasteiger partial charge in [0.25, 0.3) is 5.91 Å². The molecule has 0 spiro atoms. The van der Waals surface area contributed by atoms with E-state index >= 15 is 0 Å². The van der Waals surface area contributed by atoms with Gasteiger partial charge in [-0.25, -0.2) is 4.98 Å². The fraction of sp³-hybridized carbons (Fsp3) is 0.143. The number of amides is 1. The highest BCUT2D eigenvalue weighted by Crippen LogP contribution is 2.28. The molecule has 0 aliphatic carbocycles. The molecule has 0 bridgehead atoms. The highest BCUT2D eigenvalue weighted by Gasteiger charge is 2.14. The standard InChI is InChI=1S/C21H20N2O4/c1-25-17-11-10-16(13-19(17)26-2)21(24)23-20-18(9-6-12-22-20)27-14-15-7-4-3-5-8-15/h3-13H,14H2,1-2H3,(H,22,23,24). The molecule has 0 aliphatic rings. The molecule has 1 heterocycles. The third-order valence-corrected chi connectivity index (χ3v) is 3.89. The van der Waals surface area contributed by atoms with Crippen molar-refractivity contribution in [3.8, 4) is 17.2 Å². The highest BCUT2D eigenvalue weighted by molar-refractivity contribution is 6.04. The molecule has 0 fully saturated rings. The predicted octanol–water partition coefficient (Wildman–Crippen LogP) is 3.93. The van der Waals surface area contributed by atoms with Gasteiger partial charge in [0.1, 0.15) is 6.61 Å². The fourth-order valence-electron chi connectivity index (χ4n) is 2.49. The number of anilines is 1. The van der Waals surface area contributed by atoms with Gasteiger partial charge in [-0.3, -0.25) is 4.79 Å². The van der Waals surface area contributed by atoms with Crippen LogP contribution in [0.2, 0.25) is 0 Å². The number of benzene rings is 2. The van der Waals surface area contributed by atoms with Crippen LogP contribution < -0.4 is 19.5 Å². The molecule has 3 rings (SSSR count). The van der Waals surface area contributed by atoms with Crippen molar-refractivity contribution in [2.75, 3.05) is 19.5 Å². The maximum atomic E-state index is 12.6. The first-order valence-electron chi connectivity index (χ1n) is 8.36. The van der Waals surface area contributed by atoms with Gasteiger partial charge in [-0.05, 0) is 35.9 Å². The number of carbonyl (C=O) groups excluding carboxylic acids is 1. The minimum Gasteiger partial charge on any atom is -0.493 e. The van der Waals surface area contributed by atoms with Crippen LogP contribution in [0.1, 0.15) is 15.9 Å². The molecule has 6 nitrogen and oxygen atoms in total. The van der Waals surface area contributed by atoms with Crippen molar-refractivity contribution in [2.24, 2.45) is 0 Å². The molecule has 1 aromatic heterocycles. The van der Waals surface area contributed by atoms with Crippen LogP contribution in [0.5, 0.6) is 17.2 Å². The predicted molar refractivity (Wildman–Crippen MR) is 103 cm³/mol. The Morgan fingerprint density at radius 1 is 0.926 bits per heavy atom. The van der Waals surface area contributed by atoms with Gasteiger partial charge in [-0.15, -0.1) is 0 Å². The van der Waals surface area contributed by atoms with Gasteiger partial charge in [0.2, 0.25) is 0 Å². The maximum Gasteiger partial charge on any atom is 0.257 e. The topological polar surface area (TPSA) is 69.7 Å². The largest absolute Gasteiger partial charge is 0.493 e. The van der Waals surface area contributed by atoms with Crippen LogP contribution in [-0.4, -0.2) is 25.1 Å². The number of hydrogen-bond acceptors (Lipinski definition) is 5. The third-order valence-electron chi connectivity index (χ3n) is 3.89. The summed E-state index contributed by atoms with van der Waals surface area (Å²) in [5.74, 6) is 1.56. The summed E-state index contributed by atoms with van der Waals surface area (Å²) in [4.78, 5) is 16.8. The van der Waals surface area contributed by atoms with E-state index < -0.39 is 0 Å². The second-order valence-corrected chi connectivity index (χ2v) is 5.65. The summed E-state index contributed by atoms with van der Waals surface area (Å²) in [5.41, 5.74) is 1.45. The minimum atomic E-state index is -0.320. The monoisotopic (exact) mass is 364 g/mol. The van der Waals surface area contributed by atoms with E-state index in [0.29, 0.717) is 35.2 Å². The smallest absolute Gasteiger partial charge is 0.257 e. The molecule has 0 aliphatic heterocycles. The summed E-state index contributed by atoms with van der Waals surface area (Å²) in [5, 5.41) is 2.78. The van der Waals surface area contributed by atoms with Gasteiger partial charge in [0, 0.05) is 11.8 Å². The molecule has 0 saturated heterocycles. The number of nitrogens with one attached hydrogen (secondary N) is 1. The lowest BCUT2D eigenvalue weighted by Gasteiger charge is -2.12. The number of aromatic nitrogens is 1. The second-order valence-electron chi connectivity index (χ2n) is 5.65. The van der Waals surface area contributed by atoms with Gasteiger partial charge < -0.3 is 19.5 Å². The van der Waals surface area contributed by atoms with E-state index in [1.54, 1.807) is 43.6 Å². The molecule has 2 aromatic carbocycles. The Morgan fingerprint density at radius 3 is 2.44 bits per heavy atom. The second kappa shape index (κ2) is 8.71. The molecule has 27 heavy (non-hydrogen) atoms. The number of pyridine rings is 1. The van der Waals surface area contributed by atoms with Crippen molar-refractivity contribution >= 4 is 11.7 Å². The number of carbonyl (C=O) groups is 1. The van der Waals surface area contributed by atoms with Gasteiger partial charge in [-0.1, -0.05) is 30.3 Å². The Balaban J connectivity index is 1.74. The van der Waals surface area contributed by atoms with Crippen LogP contribution in [0.25, 0.3) is 0 Å². The zero-order chi connectivity index (χ0) is 19.1. The average molecular weight is 364 g/mol. The van der Waals surface area contributed by atoms with Gasteiger partial charge >= 0.3 is 0 Å². The maximum absolute atomic E-state index is 12.6. The summed E-state index contributed by atoms with van der Waals surface area (Å²) in [7, 11) is 3.07. The van der Waals surface area contributed by atoms with E-state index in [1.807, 2.05) is 30.3 Å². The van der Waals surface area contributed by atoms with Crippen LogP contribution in [0, 0.1) is 0 Å². The molecule has 0 saturated carbocycles. The third kappa shape index (κ3) is 4.55. The van der Waals surface area contributed by atoms with Crippen molar-refractivity contribution in [1.29, 1.82) is 0 Å². The Morgan fingerprint density at radius 2 is 1.70 bits per heavy atom. The Hall–Kier alpha value is -3.54. The summed E-state index contributed by atoms with van der Waals surface area (Å²) in [6.07, 6.45) is 1.60. The molecule has 138 valence electrons. The average Bonchev–Trinajstić information content (AvgIpc) is 2.73. The van der Waals surface area contributed by atoms with Crippen molar-refractivity contribution in [3.63, 3.8) is 0 Å². The van der Waals surface area contributed by atoms with Crippen LogP contribution >= 0.6 is 0 Å². The van der Waals surface area contributed by atoms with Crippen LogP contribution in [-0.2, 0) is 6.61 Å². The summed E-state index contributed by atoms with van der Waals surface area (Å²) in [6.45, 7) is 0.381. The highest BCUT2D eigenvalue weighted by atomic mass is 16.5. The Kier molecular flexibility index (Phi) is 5.89. The van der Waals surface area contributed by atoms with E-state index in [2.05, 4.69) is 10.3 Å². The van der Waals surface area contributed by atoms with Gasteiger partial charge in [-0.2, -0.15) is 0 Å². The van der Waals surface area contributed by atoms with Crippen molar-refractivity contribution in [2.45, 2.75) is 6.61 Å². The van der Waals surface area contributed by atoms with E-state index in [0.717, 1.165) is 5.56 Å². The number of hydrogen-bond donors (Lipinski definition) is 1. The summed E-state index contributed by atoms with van der Waals surface area (Å²) in [6, 6.07) is 18.2. The van der Waals surface area contributed by atoms with Crippen LogP contribution in [0.4, 0.5) is 5.82 Å². The van der Waals surface area contributed by atoms with Crippen LogP contribution in [0.15, 0.2) is 66.9 Å². The van der Waals surface area contributed by atoms with E-state index in [9.17, 15) is 4.79 Å². The first-order valence-corrected chi connectivity index (χ1v) is 8.36. The lowest BCUT2D eigenvalue weighted by atomic mass is 10.2. The molecule has 3 aromatic rings. The number of nitrogens with zero attached hydrogens (tertiary/aromatic N) is 1. The fourth-order valence-corrected chi connectivity index (χ4v) is 2.49. The normalized spacial score (nSPS) is 10.1. The van der Waals surface area contributed by atoms with Crippen LogP contribution in [0.3, 0.4) is 0 Å². The zero-order valence-electron chi connectivity index (χ0n) is 15.1. The van der Waals surface area contributed by atoms with E-state index in [-0.39, 0.29) is 5.91 Å². The molecule has 0 atom stereocenters. The lowest BCUT2D eigenvalue weighted by Crippen LogP contribution is -2.14. The van der Waals surface area contributed by atoms with E-state index in [4.69, 9.17) is 14.2 Å².